The van der Waals surface area contributed by atoms with Crippen molar-refractivity contribution in [2.75, 3.05) is 0 Å². The van der Waals surface area contributed by atoms with Crippen molar-refractivity contribution in [3.05, 3.63) is 87.2 Å². The average Bonchev–Trinajstić information content (AvgIpc) is 2.59. The van der Waals surface area contributed by atoms with Gasteiger partial charge in [-0.25, -0.2) is 4.68 Å². The number of hydrogen-bond donors (Lipinski definition) is 0. The lowest BCUT2D eigenvalue weighted by Crippen LogP contribution is -2.23. The molecular formula is C19H17ClN2O. The molecule has 3 aromatic rings. The van der Waals surface area contributed by atoms with Crippen molar-refractivity contribution in [1.82, 2.24) is 9.78 Å². The highest BCUT2D eigenvalue weighted by atomic mass is 35.5. The molecule has 0 aliphatic rings. The van der Waals surface area contributed by atoms with E-state index in [4.69, 9.17) is 11.6 Å². The largest absolute Gasteiger partial charge is 0.268 e. The highest BCUT2D eigenvalue weighted by molar-refractivity contribution is 6.31. The van der Waals surface area contributed by atoms with Gasteiger partial charge in [0.15, 0.2) is 0 Å². The molecule has 0 unspecified atom stereocenters. The zero-order chi connectivity index (χ0) is 16.2. The van der Waals surface area contributed by atoms with Gasteiger partial charge in [-0.3, -0.25) is 4.79 Å². The fraction of sp³-hybridized carbons (Fsp3) is 0.158. The SMILES string of the molecule is CCc1ccc(-c2ccc(=O)n(Cc3ccccc3Cl)n2)cc1. The third-order valence-electron chi connectivity index (χ3n) is 3.80. The number of hydrogen-bond acceptors (Lipinski definition) is 2. The summed E-state index contributed by atoms with van der Waals surface area (Å²) in [5.41, 5.74) is 3.79. The van der Waals surface area contributed by atoms with Gasteiger partial charge in [-0.1, -0.05) is 61.0 Å². The first-order valence-corrected chi connectivity index (χ1v) is 7.96. The fourth-order valence-corrected chi connectivity index (χ4v) is 2.61. The number of rotatable bonds is 4. The molecule has 3 nitrogen and oxygen atoms in total. The van der Waals surface area contributed by atoms with Crippen LogP contribution in [0.5, 0.6) is 0 Å². The van der Waals surface area contributed by atoms with Gasteiger partial charge < -0.3 is 0 Å². The van der Waals surface area contributed by atoms with Gasteiger partial charge in [-0.15, -0.1) is 0 Å². The first-order chi connectivity index (χ1) is 11.2. The minimum Gasteiger partial charge on any atom is -0.268 e. The molecule has 0 amide bonds. The molecule has 3 rings (SSSR count). The summed E-state index contributed by atoms with van der Waals surface area (Å²) >= 11 is 6.17. The molecule has 0 radical (unpaired) electrons. The molecule has 1 aromatic heterocycles. The van der Waals surface area contributed by atoms with E-state index in [1.165, 1.54) is 10.2 Å². The highest BCUT2D eigenvalue weighted by Crippen LogP contribution is 2.18. The third kappa shape index (κ3) is 3.51. The number of aromatic nitrogens is 2. The van der Waals surface area contributed by atoms with Crippen molar-refractivity contribution in [3.8, 4) is 11.3 Å². The maximum absolute atomic E-state index is 12.1. The van der Waals surface area contributed by atoms with Crippen LogP contribution >= 0.6 is 11.6 Å². The summed E-state index contributed by atoms with van der Waals surface area (Å²) in [6.45, 7) is 2.48. The standard InChI is InChI=1S/C19H17ClN2O/c1-2-14-7-9-15(10-8-14)18-11-12-19(23)22(21-18)13-16-5-3-4-6-17(16)20/h3-12H,2,13H2,1H3. The van der Waals surface area contributed by atoms with E-state index in [-0.39, 0.29) is 5.56 Å². The Morgan fingerprint density at radius 2 is 1.74 bits per heavy atom. The summed E-state index contributed by atoms with van der Waals surface area (Å²) in [6, 6.07) is 19.0. The van der Waals surface area contributed by atoms with Gasteiger partial charge in [0.1, 0.15) is 0 Å². The normalized spacial score (nSPS) is 10.7. The van der Waals surface area contributed by atoms with Crippen LogP contribution in [-0.2, 0) is 13.0 Å². The maximum Gasteiger partial charge on any atom is 0.267 e. The smallest absolute Gasteiger partial charge is 0.267 e. The van der Waals surface area contributed by atoms with Crippen LogP contribution in [0.25, 0.3) is 11.3 Å². The average molecular weight is 325 g/mol. The second kappa shape index (κ2) is 6.80. The molecule has 0 atom stereocenters. The molecule has 2 aromatic carbocycles. The second-order valence-electron chi connectivity index (χ2n) is 5.36. The predicted molar refractivity (Wildman–Crippen MR) is 93.9 cm³/mol. The van der Waals surface area contributed by atoms with Gasteiger partial charge in [0.2, 0.25) is 0 Å². The molecule has 0 bridgehead atoms. The monoisotopic (exact) mass is 324 g/mol. The zero-order valence-corrected chi connectivity index (χ0v) is 13.6. The lowest BCUT2D eigenvalue weighted by Gasteiger charge is -2.09. The van der Waals surface area contributed by atoms with Gasteiger partial charge >= 0.3 is 0 Å². The summed E-state index contributed by atoms with van der Waals surface area (Å²) in [4.78, 5) is 12.1. The number of benzene rings is 2. The molecule has 23 heavy (non-hydrogen) atoms. The highest BCUT2D eigenvalue weighted by Gasteiger charge is 2.06. The molecule has 0 aliphatic carbocycles. The Balaban J connectivity index is 1.95. The Bertz CT molecular complexity index is 869. The Kier molecular flexibility index (Phi) is 4.58. The van der Waals surface area contributed by atoms with E-state index in [0.717, 1.165) is 23.2 Å². The molecule has 0 fully saturated rings. The summed E-state index contributed by atoms with van der Waals surface area (Å²) < 4.78 is 1.45. The Morgan fingerprint density at radius 3 is 2.43 bits per heavy atom. The van der Waals surface area contributed by atoms with Gasteiger partial charge in [-0.05, 0) is 29.7 Å². The molecule has 0 aliphatic heterocycles. The van der Waals surface area contributed by atoms with E-state index in [0.29, 0.717) is 11.6 Å². The van der Waals surface area contributed by atoms with E-state index in [1.54, 1.807) is 12.1 Å². The first-order valence-electron chi connectivity index (χ1n) is 7.58. The van der Waals surface area contributed by atoms with Crippen molar-refractivity contribution < 1.29 is 0 Å². The fourth-order valence-electron chi connectivity index (χ4n) is 2.42. The summed E-state index contributed by atoms with van der Waals surface area (Å²) in [5.74, 6) is 0. The Morgan fingerprint density at radius 1 is 1.00 bits per heavy atom. The second-order valence-corrected chi connectivity index (χ2v) is 5.76. The van der Waals surface area contributed by atoms with E-state index in [2.05, 4.69) is 24.2 Å². The van der Waals surface area contributed by atoms with Crippen LogP contribution in [0.4, 0.5) is 0 Å². The molecular weight excluding hydrogens is 308 g/mol. The number of halogens is 1. The first kappa shape index (κ1) is 15.5. The van der Waals surface area contributed by atoms with Gasteiger partial charge in [0.05, 0.1) is 12.2 Å². The third-order valence-corrected chi connectivity index (χ3v) is 4.17. The van der Waals surface area contributed by atoms with E-state index in [1.807, 2.05) is 36.4 Å². The molecule has 4 heteroatoms. The van der Waals surface area contributed by atoms with E-state index >= 15 is 0 Å². The van der Waals surface area contributed by atoms with E-state index in [9.17, 15) is 4.79 Å². The Labute approximate surface area is 140 Å². The van der Waals surface area contributed by atoms with Crippen molar-refractivity contribution in [2.45, 2.75) is 19.9 Å². The van der Waals surface area contributed by atoms with Crippen molar-refractivity contribution >= 4 is 11.6 Å². The Hall–Kier alpha value is -2.39. The summed E-state index contributed by atoms with van der Waals surface area (Å²) in [7, 11) is 0. The van der Waals surface area contributed by atoms with Crippen LogP contribution in [0, 0.1) is 0 Å². The zero-order valence-electron chi connectivity index (χ0n) is 12.9. The van der Waals surface area contributed by atoms with E-state index < -0.39 is 0 Å². The van der Waals surface area contributed by atoms with Crippen LogP contribution in [0.2, 0.25) is 5.02 Å². The molecule has 0 saturated carbocycles. The van der Waals surface area contributed by atoms with Gasteiger partial charge in [0, 0.05) is 16.7 Å². The summed E-state index contributed by atoms with van der Waals surface area (Å²) in [6.07, 6.45) is 1.000. The molecule has 1 heterocycles. The van der Waals surface area contributed by atoms with Crippen LogP contribution in [0.1, 0.15) is 18.1 Å². The minimum atomic E-state index is -0.140. The molecule has 0 spiro atoms. The molecule has 116 valence electrons. The topological polar surface area (TPSA) is 34.9 Å². The lowest BCUT2D eigenvalue weighted by molar-refractivity contribution is 0.643. The molecule has 0 N–H and O–H groups in total. The molecule has 0 saturated heterocycles. The van der Waals surface area contributed by atoms with Crippen LogP contribution in [0.3, 0.4) is 0 Å². The van der Waals surface area contributed by atoms with Crippen molar-refractivity contribution in [2.24, 2.45) is 0 Å². The van der Waals surface area contributed by atoms with Crippen LogP contribution in [0.15, 0.2) is 65.5 Å². The van der Waals surface area contributed by atoms with Crippen LogP contribution < -0.4 is 5.56 Å². The van der Waals surface area contributed by atoms with Crippen molar-refractivity contribution in [1.29, 1.82) is 0 Å². The van der Waals surface area contributed by atoms with Gasteiger partial charge in [0.25, 0.3) is 5.56 Å². The maximum atomic E-state index is 12.1. The predicted octanol–water partition coefficient (Wildman–Crippen LogP) is 4.17. The van der Waals surface area contributed by atoms with Gasteiger partial charge in [-0.2, -0.15) is 5.10 Å². The summed E-state index contributed by atoms with van der Waals surface area (Å²) in [5, 5.41) is 5.12. The number of nitrogens with zero attached hydrogens (tertiary/aromatic N) is 2. The number of aryl methyl sites for hydroxylation is 1. The minimum absolute atomic E-state index is 0.140. The lowest BCUT2D eigenvalue weighted by atomic mass is 10.1. The van der Waals surface area contributed by atoms with Crippen molar-refractivity contribution in [3.63, 3.8) is 0 Å². The van der Waals surface area contributed by atoms with Crippen LogP contribution in [-0.4, -0.2) is 9.78 Å². The quantitative estimate of drug-likeness (QED) is 0.721.